The molecule has 0 aliphatic carbocycles. The summed E-state index contributed by atoms with van der Waals surface area (Å²) < 4.78 is 0. The SMILES string of the molecule is O=C([O-])C1=CS[C@@H]2/C(=C/c3cn(O)nn3)C(=O)N12.[Na+]. The molecule has 8 nitrogen and oxygen atoms in total. The number of aromatic nitrogens is 3. The number of fused-ring (bicyclic) bond motifs is 1. The van der Waals surface area contributed by atoms with Crippen LogP contribution in [-0.4, -0.2) is 42.5 Å². The molecule has 1 aromatic rings. The Labute approximate surface area is 133 Å². The molecule has 1 fully saturated rings. The van der Waals surface area contributed by atoms with Crippen molar-refractivity contribution in [2.45, 2.75) is 5.37 Å². The number of carboxylic acid groups (broad SMARTS) is 1. The van der Waals surface area contributed by atoms with Crippen LogP contribution in [0.2, 0.25) is 0 Å². The van der Waals surface area contributed by atoms with Crippen molar-refractivity contribution in [3.63, 3.8) is 0 Å². The summed E-state index contributed by atoms with van der Waals surface area (Å²) in [6.45, 7) is 0. The van der Waals surface area contributed by atoms with Gasteiger partial charge in [-0.15, -0.1) is 16.9 Å². The van der Waals surface area contributed by atoms with E-state index >= 15 is 0 Å². The van der Waals surface area contributed by atoms with E-state index in [0.29, 0.717) is 16.1 Å². The number of aliphatic carboxylic acids is 1. The molecule has 1 aromatic heterocycles. The first-order chi connectivity index (χ1) is 8.58. The summed E-state index contributed by atoms with van der Waals surface area (Å²) in [5.41, 5.74) is 0.606. The van der Waals surface area contributed by atoms with Gasteiger partial charge in [0.1, 0.15) is 11.1 Å². The van der Waals surface area contributed by atoms with Crippen molar-refractivity contribution in [2.75, 3.05) is 0 Å². The van der Waals surface area contributed by atoms with Crippen LogP contribution in [0.25, 0.3) is 6.08 Å². The van der Waals surface area contributed by atoms with Crippen molar-refractivity contribution in [3.8, 4) is 0 Å². The Bertz CT molecular complexity index is 625. The van der Waals surface area contributed by atoms with Gasteiger partial charge in [-0.1, -0.05) is 4.85 Å². The van der Waals surface area contributed by atoms with E-state index in [0.717, 1.165) is 4.90 Å². The Morgan fingerprint density at radius 3 is 2.89 bits per heavy atom. The smallest absolute Gasteiger partial charge is 0.543 e. The molecule has 1 saturated heterocycles. The molecule has 0 unspecified atom stereocenters. The Kier molecular flexibility index (Phi) is 3.72. The molecular formula is C9H5N4NaO4S. The van der Waals surface area contributed by atoms with Crippen molar-refractivity contribution in [1.29, 1.82) is 0 Å². The molecule has 3 heterocycles. The molecule has 1 atom stereocenters. The van der Waals surface area contributed by atoms with E-state index in [1.165, 1.54) is 29.4 Å². The number of hydrogen-bond acceptors (Lipinski definition) is 7. The summed E-state index contributed by atoms with van der Waals surface area (Å²) in [5.74, 6) is -1.79. The van der Waals surface area contributed by atoms with Gasteiger partial charge in [0, 0.05) is 0 Å². The molecule has 2 aliphatic heterocycles. The third-order valence-electron chi connectivity index (χ3n) is 2.55. The number of rotatable bonds is 2. The fourth-order valence-electron chi connectivity index (χ4n) is 1.75. The van der Waals surface area contributed by atoms with Gasteiger partial charge in [0.25, 0.3) is 5.91 Å². The summed E-state index contributed by atoms with van der Waals surface area (Å²) >= 11 is 1.20. The maximum Gasteiger partial charge on any atom is 1.00 e. The van der Waals surface area contributed by atoms with E-state index in [9.17, 15) is 14.7 Å². The quantitative estimate of drug-likeness (QED) is 0.252. The van der Waals surface area contributed by atoms with Gasteiger partial charge in [-0.25, -0.2) is 0 Å². The molecule has 2 aliphatic rings. The Morgan fingerprint density at radius 1 is 1.58 bits per heavy atom. The number of carbonyl (C=O) groups excluding carboxylic acids is 2. The minimum absolute atomic E-state index is 0. The fourth-order valence-corrected chi connectivity index (χ4v) is 2.87. The van der Waals surface area contributed by atoms with Crippen molar-refractivity contribution >= 4 is 29.7 Å². The number of carboxylic acids is 1. The zero-order chi connectivity index (χ0) is 12.9. The maximum atomic E-state index is 11.8. The van der Waals surface area contributed by atoms with E-state index in [1.54, 1.807) is 0 Å². The Hall–Kier alpha value is -1.29. The van der Waals surface area contributed by atoms with Gasteiger partial charge in [-0.2, -0.15) is 0 Å². The largest absolute Gasteiger partial charge is 1.00 e. The zero-order valence-electron chi connectivity index (χ0n) is 9.68. The van der Waals surface area contributed by atoms with Gasteiger partial charge in [-0.3, -0.25) is 9.69 Å². The third-order valence-corrected chi connectivity index (χ3v) is 3.63. The van der Waals surface area contributed by atoms with Crippen LogP contribution >= 0.6 is 11.8 Å². The molecule has 0 bridgehead atoms. The van der Waals surface area contributed by atoms with Crippen molar-refractivity contribution in [1.82, 2.24) is 20.1 Å². The molecule has 3 rings (SSSR count). The minimum Gasteiger partial charge on any atom is -0.543 e. The Morgan fingerprint density at radius 2 is 2.32 bits per heavy atom. The predicted molar refractivity (Wildman–Crippen MR) is 56.5 cm³/mol. The summed E-state index contributed by atoms with van der Waals surface area (Å²) in [6.07, 6.45) is 2.69. The number of amides is 1. The summed E-state index contributed by atoms with van der Waals surface area (Å²) in [7, 11) is 0. The first kappa shape index (κ1) is 14.1. The van der Waals surface area contributed by atoms with Crippen LogP contribution in [0.1, 0.15) is 5.69 Å². The topological polar surface area (TPSA) is 111 Å². The summed E-state index contributed by atoms with van der Waals surface area (Å²) in [5, 5.41) is 27.6. The first-order valence-corrected chi connectivity index (χ1v) is 5.76. The number of nitrogens with zero attached hydrogens (tertiary/aromatic N) is 4. The van der Waals surface area contributed by atoms with E-state index in [2.05, 4.69) is 10.3 Å². The standard InChI is InChI=1S/C9H6N4O4S.Na/c14-7-5(1-4-2-12(17)11-10-4)8-13(7)6(3-18-8)9(15)16;/h1-3,8,17H,(H,15,16);/q;+1/p-1/b5-1+;/t8-;/m1./s1. The number of hydrogen-bond donors (Lipinski definition) is 1. The average molecular weight is 288 g/mol. The second kappa shape index (κ2) is 5.00. The normalized spacial score (nSPS) is 22.6. The number of β-lactam (4-membered cyclic amide) rings is 1. The molecule has 0 radical (unpaired) electrons. The predicted octanol–water partition coefficient (Wildman–Crippen LogP) is -4.59. The molecule has 0 spiro atoms. The minimum atomic E-state index is -1.38. The maximum absolute atomic E-state index is 11.8. The fraction of sp³-hybridized carbons (Fsp3) is 0.111. The van der Waals surface area contributed by atoms with Crippen molar-refractivity contribution in [3.05, 3.63) is 28.6 Å². The third kappa shape index (κ3) is 2.18. The zero-order valence-corrected chi connectivity index (χ0v) is 12.5. The molecule has 92 valence electrons. The van der Waals surface area contributed by atoms with Crippen LogP contribution in [0.15, 0.2) is 22.9 Å². The van der Waals surface area contributed by atoms with Crippen LogP contribution in [0, 0.1) is 0 Å². The van der Waals surface area contributed by atoms with Crippen LogP contribution in [0.3, 0.4) is 0 Å². The number of carbonyl (C=O) groups is 2. The molecule has 1 N–H and O–H groups in total. The van der Waals surface area contributed by atoms with Gasteiger partial charge in [0.05, 0.1) is 23.4 Å². The van der Waals surface area contributed by atoms with Gasteiger partial charge >= 0.3 is 29.6 Å². The van der Waals surface area contributed by atoms with Gasteiger partial charge in [-0.05, 0) is 16.7 Å². The first-order valence-electron chi connectivity index (χ1n) is 4.81. The Balaban J connectivity index is 0.00000133. The van der Waals surface area contributed by atoms with Crippen molar-refractivity contribution < 1.29 is 49.5 Å². The van der Waals surface area contributed by atoms with Gasteiger partial charge < -0.3 is 15.1 Å². The van der Waals surface area contributed by atoms with E-state index in [1.807, 2.05) is 0 Å². The van der Waals surface area contributed by atoms with Gasteiger partial charge in [0.15, 0.2) is 0 Å². The average Bonchev–Trinajstić information content (AvgIpc) is 2.89. The van der Waals surface area contributed by atoms with Crippen molar-refractivity contribution in [2.24, 2.45) is 0 Å². The monoisotopic (exact) mass is 288 g/mol. The van der Waals surface area contributed by atoms with E-state index < -0.39 is 11.9 Å². The summed E-state index contributed by atoms with van der Waals surface area (Å²) in [6, 6.07) is 0. The van der Waals surface area contributed by atoms with Crippen LogP contribution in [0.4, 0.5) is 0 Å². The summed E-state index contributed by atoms with van der Waals surface area (Å²) in [4.78, 5) is 24.2. The van der Waals surface area contributed by atoms with E-state index in [-0.39, 0.29) is 40.6 Å². The van der Waals surface area contributed by atoms with Crippen LogP contribution < -0.4 is 34.7 Å². The molecule has 1 amide bonds. The van der Waals surface area contributed by atoms with Gasteiger partial charge in [0.2, 0.25) is 0 Å². The molecule has 0 aromatic carbocycles. The molecule has 10 heteroatoms. The molecular weight excluding hydrogens is 283 g/mol. The molecule has 0 saturated carbocycles. The molecule has 19 heavy (non-hydrogen) atoms. The second-order valence-electron chi connectivity index (χ2n) is 3.62. The van der Waals surface area contributed by atoms with Crippen LogP contribution in [-0.2, 0) is 9.59 Å². The van der Waals surface area contributed by atoms with Crippen LogP contribution in [0.5, 0.6) is 0 Å². The van der Waals surface area contributed by atoms with E-state index in [4.69, 9.17) is 5.21 Å². The number of thioether (sulfide) groups is 1. The second-order valence-corrected chi connectivity index (χ2v) is 4.57.